The molecule has 1 rings (SSSR count). The number of carboxylic acids is 1. The Balaban J connectivity index is 2.42. The summed E-state index contributed by atoms with van der Waals surface area (Å²) >= 11 is 0. The summed E-state index contributed by atoms with van der Waals surface area (Å²) in [5.74, 6) is -0.899. The van der Waals surface area contributed by atoms with Crippen LogP contribution in [0.2, 0.25) is 0 Å². The van der Waals surface area contributed by atoms with E-state index in [-0.39, 0.29) is 0 Å². The first-order valence-electron chi connectivity index (χ1n) is 5.80. The fourth-order valence-corrected chi connectivity index (χ4v) is 1.53. The summed E-state index contributed by atoms with van der Waals surface area (Å²) < 4.78 is 5.35. The second-order valence-corrected chi connectivity index (χ2v) is 4.27. The minimum atomic E-state index is -0.899. The molecule has 0 heterocycles. The molecule has 0 aliphatic rings. The van der Waals surface area contributed by atoms with Crippen LogP contribution in [0.15, 0.2) is 30.4 Å². The Hall–Kier alpha value is -1.81. The summed E-state index contributed by atoms with van der Waals surface area (Å²) in [6.07, 6.45) is 0. The summed E-state index contributed by atoms with van der Waals surface area (Å²) in [7, 11) is 0. The summed E-state index contributed by atoms with van der Waals surface area (Å²) in [4.78, 5) is 10.8. The minimum Gasteiger partial charge on any atom is -0.478 e. The predicted molar refractivity (Wildman–Crippen MR) is 72.3 cm³/mol. The number of aryl methyl sites for hydroxylation is 1. The second kappa shape index (κ2) is 6.81. The highest BCUT2D eigenvalue weighted by Crippen LogP contribution is 2.14. The Morgan fingerprint density at radius 3 is 2.78 bits per heavy atom. The Morgan fingerprint density at radius 2 is 2.22 bits per heavy atom. The highest BCUT2D eigenvalue weighted by molar-refractivity contribution is 5.89. The molecule has 0 aliphatic carbocycles. The van der Waals surface area contributed by atoms with E-state index in [0.29, 0.717) is 25.3 Å². The van der Waals surface area contributed by atoms with Crippen molar-refractivity contribution in [1.29, 1.82) is 0 Å². The van der Waals surface area contributed by atoms with Crippen LogP contribution in [0.5, 0.6) is 0 Å². The number of carbonyl (C=O) groups is 1. The molecular formula is C14H19NO3. The van der Waals surface area contributed by atoms with E-state index >= 15 is 0 Å². The molecule has 0 saturated heterocycles. The van der Waals surface area contributed by atoms with Gasteiger partial charge in [-0.3, -0.25) is 0 Å². The molecular weight excluding hydrogens is 230 g/mol. The lowest BCUT2D eigenvalue weighted by Gasteiger charge is -2.09. The summed E-state index contributed by atoms with van der Waals surface area (Å²) in [5, 5.41) is 12.1. The van der Waals surface area contributed by atoms with Crippen LogP contribution in [0.4, 0.5) is 5.69 Å². The standard InChI is InChI=1S/C14H19NO3/c1-10(2)9-18-7-6-15-12-4-5-13(14(16)17)11(3)8-12/h4-5,8,15H,1,6-7,9H2,2-3H3,(H,16,17). The van der Waals surface area contributed by atoms with Crippen LogP contribution in [0.1, 0.15) is 22.8 Å². The molecule has 0 aliphatic heterocycles. The lowest BCUT2D eigenvalue weighted by atomic mass is 10.1. The van der Waals surface area contributed by atoms with Gasteiger partial charge in [-0.1, -0.05) is 12.2 Å². The predicted octanol–water partition coefficient (Wildman–Crippen LogP) is 2.70. The van der Waals surface area contributed by atoms with E-state index in [9.17, 15) is 4.79 Å². The average Bonchev–Trinajstić information content (AvgIpc) is 2.27. The molecule has 0 bridgehead atoms. The van der Waals surface area contributed by atoms with E-state index in [1.54, 1.807) is 19.1 Å². The van der Waals surface area contributed by atoms with E-state index in [2.05, 4.69) is 11.9 Å². The van der Waals surface area contributed by atoms with Gasteiger partial charge in [0.25, 0.3) is 0 Å². The van der Waals surface area contributed by atoms with Gasteiger partial charge in [0.05, 0.1) is 18.8 Å². The second-order valence-electron chi connectivity index (χ2n) is 4.27. The molecule has 0 spiro atoms. The maximum atomic E-state index is 10.8. The molecule has 0 unspecified atom stereocenters. The van der Waals surface area contributed by atoms with Gasteiger partial charge in [0.15, 0.2) is 0 Å². The van der Waals surface area contributed by atoms with Crippen LogP contribution >= 0.6 is 0 Å². The third-order valence-corrected chi connectivity index (χ3v) is 2.38. The number of rotatable bonds is 7. The molecule has 2 N–H and O–H groups in total. The number of anilines is 1. The van der Waals surface area contributed by atoms with Gasteiger partial charge in [0.2, 0.25) is 0 Å². The Labute approximate surface area is 107 Å². The quantitative estimate of drug-likeness (QED) is 0.576. The molecule has 0 radical (unpaired) electrons. The van der Waals surface area contributed by atoms with Crippen molar-refractivity contribution in [2.75, 3.05) is 25.1 Å². The number of hydrogen-bond donors (Lipinski definition) is 2. The van der Waals surface area contributed by atoms with Crippen LogP contribution in [0.25, 0.3) is 0 Å². The average molecular weight is 249 g/mol. The van der Waals surface area contributed by atoms with E-state index in [0.717, 1.165) is 16.8 Å². The fourth-order valence-electron chi connectivity index (χ4n) is 1.53. The highest BCUT2D eigenvalue weighted by atomic mass is 16.5. The Kier molecular flexibility index (Phi) is 5.39. The van der Waals surface area contributed by atoms with E-state index < -0.39 is 5.97 Å². The Morgan fingerprint density at radius 1 is 1.50 bits per heavy atom. The maximum Gasteiger partial charge on any atom is 0.335 e. The molecule has 0 atom stereocenters. The molecule has 4 heteroatoms. The summed E-state index contributed by atoms with van der Waals surface area (Å²) in [6.45, 7) is 9.29. The minimum absolute atomic E-state index is 0.332. The molecule has 4 nitrogen and oxygen atoms in total. The van der Waals surface area contributed by atoms with Crippen LogP contribution in [-0.2, 0) is 4.74 Å². The molecule has 0 fully saturated rings. The molecule has 1 aromatic rings. The number of carboxylic acid groups (broad SMARTS) is 1. The van der Waals surface area contributed by atoms with Crippen LogP contribution in [0, 0.1) is 6.92 Å². The lowest BCUT2D eigenvalue weighted by molar-refractivity contribution is 0.0696. The van der Waals surface area contributed by atoms with Crippen molar-refractivity contribution >= 4 is 11.7 Å². The first-order valence-corrected chi connectivity index (χ1v) is 5.80. The zero-order valence-electron chi connectivity index (χ0n) is 10.8. The van der Waals surface area contributed by atoms with Crippen molar-refractivity contribution in [3.05, 3.63) is 41.5 Å². The zero-order chi connectivity index (χ0) is 13.5. The molecule has 0 aromatic heterocycles. The van der Waals surface area contributed by atoms with Crippen LogP contribution in [-0.4, -0.2) is 30.8 Å². The van der Waals surface area contributed by atoms with Crippen molar-refractivity contribution < 1.29 is 14.6 Å². The lowest BCUT2D eigenvalue weighted by Crippen LogP contribution is -2.10. The van der Waals surface area contributed by atoms with Gasteiger partial charge in [-0.05, 0) is 37.6 Å². The third kappa shape index (κ3) is 4.59. The largest absolute Gasteiger partial charge is 0.478 e. The van der Waals surface area contributed by atoms with Gasteiger partial charge in [0, 0.05) is 12.2 Å². The topological polar surface area (TPSA) is 58.6 Å². The number of hydrogen-bond acceptors (Lipinski definition) is 3. The van der Waals surface area contributed by atoms with Crippen molar-refractivity contribution in [3.8, 4) is 0 Å². The molecule has 18 heavy (non-hydrogen) atoms. The van der Waals surface area contributed by atoms with Crippen molar-refractivity contribution in [1.82, 2.24) is 0 Å². The van der Waals surface area contributed by atoms with E-state index in [4.69, 9.17) is 9.84 Å². The fraction of sp³-hybridized carbons (Fsp3) is 0.357. The number of nitrogens with one attached hydrogen (secondary N) is 1. The van der Waals surface area contributed by atoms with Gasteiger partial charge in [-0.2, -0.15) is 0 Å². The summed E-state index contributed by atoms with van der Waals surface area (Å²) in [5.41, 5.74) is 2.97. The van der Waals surface area contributed by atoms with Crippen molar-refractivity contribution in [3.63, 3.8) is 0 Å². The molecule has 0 saturated carbocycles. The van der Waals surface area contributed by atoms with Crippen molar-refractivity contribution in [2.24, 2.45) is 0 Å². The highest BCUT2D eigenvalue weighted by Gasteiger charge is 2.06. The van der Waals surface area contributed by atoms with Gasteiger partial charge < -0.3 is 15.2 Å². The van der Waals surface area contributed by atoms with Crippen molar-refractivity contribution in [2.45, 2.75) is 13.8 Å². The van der Waals surface area contributed by atoms with Gasteiger partial charge in [-0.15, -0.1) is 0 Å². The molecule has 98 valence electrons. The number of aromatic carboxylic acids is 1. The first kappa shape index (κ1) is 14.3. The normalized spacial score (nSPS) is 10.1. The van der Waals surface area contributed by atoms with Gasteiger partial charge in [0.1, 0.15) is 0 Å². The van der Waals surface area contributed by atoms with E-state index in [1.807, 2.05) is 13.0 Å². The van der Waals surface area contributed by atoms with Crippen LogP contribution < -0.4 is 5.32 Å². The molecule has 1 aromatic carbocycles. The monoisotopic (exact) mass is 249 g/mol. The smallest absolute Gasteiger partial charge is 0.335 e. The number of benzene rings is 1. The third-order valence-electron chi connectivity index (χ3n) is 2.38. The van der Waals surface area contributed by atoms with Gasteiger partial charge in [-0.25, -0.2) is 4.79 Å². The maximum absolute atomic E-state index is 10.8. The van der Waals surface area contributed by atoms with Crippen LogP contribution in [0.3, 0.4) is 0 Å². The number of ether oxygens (including phenoxy) is 1. The van der Waals surface area contributed by atoms with E-state index in [1.165, 1.54) is 0 Å². The summed E-state index contributed by atoms with van der Waals surface area (Å²) in [6, 6.07) is 5.19. The zero-order valence-corrected chi connectivity index (χ0v) is 10.8. The first-order chi connectivity index (χ1) is 8.50. The Bertz CT molecular complexity index is 441. The van der Waals surface area contributed by atoms with Gasteiger partial charge >= 0.3 is 5.97 Å². The molecule has 0 amide bonds. The SMILES string of the molecule is C=C(C)COCCNc1ccc(C(=O)O)c(C)c1.